The van der Waals surface area contributed by atoms with Crippen molar-refractivity contribution < 1.29 is 19.1 Å². The van der Waals surface area contributed by atoms with Gasteiger partial charge in [0.25, 0.3) is 0 Å². The number of aliphatic carboxylic acids is 1. The van der Waals surface area contributed by atoms with Gasteiger partial charge in [0.2, 0.25) is 5.91 Å². The highest BCUT2D eigenvalue weighted by Crippen LogP contribution is 2.31. The van der Waals surface area contributed by atoms with Crippen LogP contribution in [0.5, 0.6) is 0 Å². The van der Waals surface area contributed by atoms with Crippen molar-refractivity contribution in [1.29, 1.82) is 0 Å². The van der Waals surface area contributed by atoms with Gasteiger partial charge in [-0.25, -0.2) is 0 Å². The van der Waals surface area contributed by atoms with Crippen molar-refractivity contribution in [3.8, 4) is 0 Å². The molecule has 1 aromatic heterocycles. The van der Waals surface area contributed by atoms with Crippen molar-refractivity contribution in [2.45, 2.75) is 51.0 Å². The van der Waals surface area contributed by atoms with Gasteiger partial charge in [0, 0.05) is 17.0 Å². The minimum absolute atomic E-state index is 0.0268. The lowest BCUT2D eigenvalue weighted by molar-refractivity contribution is -0.141. The van der Waals surface area contributed by atoms with Crippen molar-refractivity contribution in [2.75, 3.05) is 0 Å². The van der Waals surface area contributed by atoms with Gasteiger partial charge in [-0.3, -0.25) is 9.59 Å². The SMILES string of the molecule is O=C(Cc1coc2cc3c(cc12)CCC3)N[C@@H]1CC[C@@H](C(=O)O)C1. The van der Waals surface area contributed by atoms with Crippen LogP contribution in [0.3, 0.4) is 0 Å². The number of hydrogen-bond donors (Lipinski definition) is 2. The van der Waals surface area contributed by atoms with E-state index in [9.17, 15) is 9.59 Å². The van der Waals surface area contributed by atoms with E-state index in [4.69, 9.17) is 9.52 Å². The molecule has 1 heterocycles. The molecule has 0 saturated heterocycles. The molecule has 4 rings (SSSR count). The molecule has 2 N–H and O–H groups in total. The van der Waals surface area contributed by atoms with E-state index < -0.39 is 5.97 Å². The molecule has 0 radical (unpaired) electrons. The number of fused-ring (bicyclic) bond motifs is 2. The van der Waals surface area contributed by atoms with Gasteiger partial charge >= 0.3 is 5.97 Å². The van der Waals surface area contributed by atoms with Crippen molar-refractivity contribution in [3.05, 3.63) is 35.1 Å². The number of carboxylic acids is 1. The molecule has 1 saturated carbocycles. The number of aryl methyl sites for hydroxylation is 2. The predicted octanol–water partition coefficient (Wildman–Crippen LogP) is 2.83. The van der Waals surface area contributed by atoms with Gasteiger partial charge in [0.05, 0.1) is 18.6 Å². The number of furan rings is 1. The van der Waals surface area contributed by atoms with Crippen LogP contribution in [0, 0.1) is 5.92 Å². The molecule has 5 heteroatoms. The summed E-state index contributed by atoms with van der Waals surface area (Å²) >= 11 is 0. The molecule has 126 valence electrons. The average Bonchev–Trinajstić information content (AvgIpc) is 3.25. The zero-order valence-electron chi connectivity index (χ0n) is 13.5. The molecule has 0 spiro atoms. The lowest BCUT2D eigenvalue weighted by Gasteiger charge is -2.12. The molecule has 2 aromatic rings. The Kier molecular flexibility index (Phi) is 3.79. The van der Waals surface area contributed by atoms with Gasteiger partial charge in [-0.05, 0) is 61.8 Å². The second-order valence-electron chi connectivity index (χ2n) is 7.02. The van der Waals surface area contributed by atoms with E-state index in [2.05, 4.69) is 17.4 Å². The van der Waals surface area contributed by atoms with Gasteiger partial charge in [-0.1, -0.05) is 0 Å². The summed E-state index contributed by atoms with van der Waals surface area (Å²) in [6.45, 7) is 0. The van der Waals surface area contributed by atoms with Crippen LogP contribution in [0.1, 0.15) is 42.4 Å². The third-order valence-electron chi connectivity index (χ3n) is 5.37. The monoisotopic (exact) mass is 327 g/mol. The van der Waals surface area contributed by atoms with Crippen LogP contribution >= 0.6 is 0 Å². The van der Waals surface area contributed by atoms with Gasteiger partial charge in [0.15, 0.2) is 0 Å². The van der Waals surface area contributed by atoms with Crippen molar-refractivity contribution in [2.24, 2.45) is 5.92 Å². The fourth-order valence-electron chi connectivity index (χ4n) is 4.07. The first-order valence-corrected chi connectivity index (χ1v) is 8.64. The smallest absolute Gasteiger partial charge is 0.306 e. The Morgan fingerprint density at radius 1 is 1.21 bits per heavy atom. The summed E-state index contributed by atoms with van der Waals surface area (Å²) in [5, 5.41) is 13.0. The largest absolute Gasteiger partial charge is 0.481 e. The first kappa shape index (κ1) is 15.2. The topological polar surface area (TPSA) is 79.5 Å². The molecular weight excluding hydrogens is 306 g/mol. The molecule has 0 aliphatic heterocycles. The first-order valence-electron chi connectivity index (χ1n) is 8.64. The van der Waals surface area contributed by atoms with Crippen LogP contribution in [-0.2, 0) is 28.9 Å². The number of amides is 1. The van der Waals surface area contributed by atoms with Crippen LogP contribution in [0.4, 0.5) is 0 Å². The van der Waals surface area contributed by atoms with Crippen LogP contribution in [0.15, 0.2) is 22.8 Å². The van der Waals surface area contributed by atoms with E-state index in [0.717, 1.165) is 35.8 Å². The van der Waals surface area contributed by atoms with Crippen LogP contribution in [0.2, 0.25) is 0 Å². The normalized spacial score (nSPS) is 22.7. The maximum absolute atomic E-state index is 12.3. The van der Waals surface area contributed by atoms with Gasteiger partial charge in [0.1, 0.15) is 5.58 Å². The fourth-order valence-corrected chi connectivity index (χ4v) is 4.07. The van der Waals surface area contributed by atoms with E-state index in [1.165, 1.54) is 17.5 Å². The fraction of sp³-hybridized carbons (Fsp3) is 0.474. The summed E-state index contributed by atoms with van der Waals surface area (Å²) in [4.78, 5) is 23.3. The molecule has 2 aliphatic rings. The zero-order chi connectivity index (χ0) is 16.7. The Bertz CT molecular complexity index is 807. The number of nitrogens with one attached hydrogen (secondary N) is 1. The second-order valence-corrected chi connectivity index (χ2v) is 7.02. The number of benzene rings is 1. The minimum Gasteiger partial charge on any atom is -0.481 e. The number of rotatable bonds is 4. The predicted molar refractivity (Wildman–Crippen MR) is 88.9 cm³/mol. The van der Waals surface area contributed by atoms with Crippen LogP contribution in [0.25, 0.3) is 11.0 Å². The number of carbonyl (C=O) groups is 2. The zero-order valence-corrected chi connectivity index (χ0v) is 13.5. The lowest BCUT2D eigenvalue weighted by Crippen LogP contribution is -2.34. The third-order valence-corrected chi connectivity index (χ3v) is 5.37. The molecule has 5 nitrogen and oxygen atoms in total. The summed E-state index contributed by atoms with van der Waals surface area (Å²) in [6, 6.07) is 4.24. The summed E-state index contributed by atoms with van der Waals surface area (Å²) in [5.41, 5.74) is 4.49. The molecule has 2 atom stereocenters. The van der Waals surface area contributed by atoms with Crippen molar-refractivity contribution in [1.82, 2.24) is 5.32 Å². The van der Waals surface area contributed by atoms with E-state index in [1.54, 1.807) is 6.26 Å². The Hall–Kier alpha value is -2.30. The standard InChI is InChI=1S/C19H21NO4/c21-18(20-15-5-4-13(6-15)19(22)23)9-14-10-24-17-8-12-3-1-2-11(12)7-16(14)17/h7-8,10,13,15H,1-6,9H2,(H,20,21)(H,22,23)/t13-,15-/m1/s1. The van der Waals surface area contributed by atoms with E-state index in [1.807, 2.05) is 0 Å². The second kappa shape index (κ2) is 5.96. The molecule has 24 heavy (non-hydrogen) atoms. The van der Waals surface area contributed by atoms with E-state index in [-0.39, 0.29) is 24.3 Å². The van der Waals surface area contributed by atoms with Gasteiger partial charge in [-0.2, -0.15) is 0 Å². The highest BCUT2D eigenvalue weighted by molar-refractivity contribution is 5.88. The maximum atomic E-state index is 12.3. The third kappa shape index (κ3) is 2.79. The Morgan fingerprint density at radius 2 is 2.00 bits per heavy atom. The summed E-state index contributed by atoms with van der Waals surface area (Å²) in [7, 11) is 0. The number of carboxylic acid groups (broad SMARTS) is 1. The number of hydrogen-bond acceptors (Lipinski definition) is 3. The molecule has 1 aromatic carbocycles. The highest BCUT2D eigenvalue weighted by Gasteiger charge is 2.30. The van der Waals surface area contributed by atoms with E-state index in [0.29, 0.717) is 12.8 Å². The van der Waals surface area contributed by atoms with Crippen LogP contribution in [-0.4, -0.2) is 23.0 Å². The van der Waals surface area contributed by atoms with Gasteiger partial charge in [-0.15, -0.1) is 0 Å². The number of carbonyl (C=O) groups excluding carboxylic acids is 1. The first-order chi connectivity index (χ1) is 11.6. The summed E-state index contributed by atoms with van der Waals surface area (Å²) in [6.07, 6.45) is 7.25. The molecular formula is C19H21NO4. The quantitative estimate of drug-likeness (QED) is 0.905. The van der Waals surface area contributed by atoms with Gasteiger partial charge < -0.3 is 14.8 Å². The summed E-state index contributed by atoms with van der Waals surface area (Å²) < 4.78 is 5.64. The Labute approximate surface area is 140 Å². The Morgan fingerprint density at radius 3 is 2.75 bits per heavy atom. The highest BCUT2D eigenvalue weighted by atomic mass is 16.4. The molecule has 0 bridgehead atoms. The lowest BCUT2D eigenvalue weighted by atomic mass is 10.0. The summed E-state index contributed by atoms with van der Waals surface area (Å²) in [5.74, 6) is -1.15. The van der Waals surface area contributed by atoms with Crippen LogP contribution < -0.4 is 5.32 Å². The minimum atomic E-state index is -0.763. The van der Waals surface area contributed by atoms with Crippen molar-refractivity contribution >= 4 is 22.8 Å². The Balaban J connectivity index is 1.45. The molecule has 0 unspecified atom stereocenters. The average molecular weight is 327 g/mol. The molecule has 1 amide bonds. The van der Waals surface area contributed by atoms with E-state index >= 15 is 0 Å². The molecule has 2 aliphatic carbocycles. The molecule has 1 fully saturated rings. The van der Waals surface area contributed by atoms with Crippen molar-refractivity contribution in [3.63, 3.8) is 0 Å². The maximum Gasteiger partial charge on any atom is 0.306 e.